The summed E-state index contributed by atoms with van der Waals surface area (Å²) in [7, 11) is 0. The molecule has 3 N–H and O–H groups in total. The highest BCUT2D eigenvalue weighted by Crippen LogP contribution is 2.13. The van der Waals surface area contributed by atoms with Crippen molar-refractivity contribution in [1.29, 1.82) is 0 Å². The van der Waals surface area contributed by atoms with E-state index in [1.807, 2.05) is 0 Å². The number of aliphatic hydroxyl groups is 3. The molecule has 0 radical (unpaired) electrons. The number of carbonyl (C=O) groups excluding carboxylic acids is 1. The minimum atomic E-state index is -0.969. The van der Waals surface area contributed by atoms with Gasteiger partial charge in [-0.3, -0.25) is 4.79 Å². The van der Waals surface area contributed by atoms with E-state index < -0.39 is 12.2 Å². The van der Waals surface area contributed by atoms with Crippen LogP contribution in [0.25, 0.3) is 0 Å². The summed E-state index contributed by atoms with van der Waals surface area (Å²) in [5, 5.41) is 27.3. The average Bonchev–Trinajstić information content (AvgIpc) is 2.14. The molecule has 0 aliphatic heterocycles. The molecule has 84 valence electrons. The Balaban J connectivity index is 4.05. The van der Waals surface area contributed by atoms with E-state index in [9.17, 15) is 15.0 Å². The predicted octanol–water partition coefficient (Wildman–Crippen LogP) is -0.0482. The van der Waals surface area contributed by atoms with Gasteiger partial charge < -0.3 is 15.3 Å². The fourth-order valence-electron chi connectivity index (χ4n) is 1.13. The fraction of sp³-hybridized carbons (Fsp3) is 0.900. The smallest absolute Gasteiger partial charge is 0.161 e. The second kappa shape index (κ2) is 6.11. The zero-order valence-corrected chi connectivity index (χ0v) is 8.97. The molecule has 0 saturated carbocycles. The third kappa shape index (κ3) is 4.17. The molecule has 0 spiro atoms. The van der Waals surface area contributed by atoms with Crippen molar-refractivity contribution >= 4 is 5.78 Å². The second-order valence-electron chi connectivity index (χ2n) is 4.09. The van der Waals surface area contributed by atoms with Crippen LogP contribution in [0.4, 0.5) is 0 Å². The number of rotatable bonds is 6. The van der Waals surface area contributed by atoms with Gasteiger partial charge in [0.2, 0.25) is 0 Å². The van der Waals surface area contributed by atoms with E-state index in [1.54, 1.807) is 20.8 Å². The van der Waals surface area contributed by atoms with Gasteiger partial charge in [-0.25, -0.2) is 0 Å². The van der Waals surface area contributed by atoms with Crippen LogP contribution < -0.4 is 0 Å². The monoisotopic (exact) mass is 204 g/mol. The maximum Gasteiger partial charge on any atom is 0.161 e. The Labute approximate surface area is 84.6 Å². The first-order chi connectivity index (χ1) is 6.40. The molecule has 4 heteroatoms. The summed E-state index contributed by atoms with van der Waals surface area (Å²) < 4.78 is 0. The van der Waals surface area contributed by atoms with E-state index in [4.69, 9.17) is 5.11 Å². The molecule has 0 bridgehead atoms. The molecule has 0 saturated heterocycles. The zero-order valence-electron chi connectivity index (χ0n) is 8.97. The van der Waals surface area contributed by atoms with Gasteiger partial charge in [0, 0.05) is 6.42 Å². The quantitative estimate of drug-likeness (QED) is 0.567. The molecule has 0 aromatic carbocycles. The van der Waals surface area contributed by atoms with Crippen molar-refractivity contribution in [2.75, 3.05) is 6.61 Å². The molecule has 0 fully saturated rings. The molecule has 0 aromatic heterocycles. The standard InChI is InChI=1S/C10H20O4/c1-6(2)10(14)8(12)4-7(3)9(13)5-11/h6-7,9-11,13-14H,4-5H2,1-3H3. The molecule has 4 nitrogen and oxygen atoms in total. The first-order valence-electron chi connectivity index (χ1n) is 4.89. The van der Waals surface area contributed by atoms with Gasteiger partial charge in [0.05, 0.1) is 12.7 Å². The van der Waals surface area contributed by atoms with Crippen LogP contribution in [0.15, 0.2) is 0 Å². The largest absolute Gasteiger partial charge is 0.394 e. The minimum Gasteiger partial charge on any atom is -0.394 e. The van der Waals surface area contributed by atoms with E-state index in [0.717, 1.165) is 0 Å². The summed E-state index contributed by atoms with van der Waals surface area (Å²) in [5.41, 5.74) is 0. The Morgan fingerprint density at radius 1 is 1.21 bits per heavy atom. The lowest BCUT2D eigenvalue weighted by atomic mass is 9.93. The topological polar surface area (TPSA) is 77.8 Å². The average molecular weight is 204 g/mol. The summed E-state index contributed by atoms with van der Waals surface area (Å²) in [5.74, 6) is -0.707. The van der Waals surface area contributed by atoms with Crippen molar-refractivity contribution in [3.63, 3.8) is 0 Å². The summed E-state index contributed by atoms with van der Waals surface area (Å²) in [6, 6.07) is 0. The van der Waals surface area contributed by atoms with E-state index in [0.29, 0.717) is 0 Å². The first-order valence-corrected chi connectivity index (χ1v) is 4.89. The van der Waals surface area contributed by atoms with Gasteiger partial charge in [-0.15, -0.1) is 0 Å². The number of carbonyl (C=O) groups is 1. The first kappa shape index (κ1) is 13.5. The van der Waals surface area contributed by atoms with Crippen molar-refractivity contribution in [1.82, 2.24) is 0 Å². The van der Waals surface area contributed by atoms with Crippen molar-refractivity contribution in [3.05, 3.63) is 0 Å². The van der Waals surface area contributed by atoms with Gasteiger partial charge in [-0.2, -0.15) is 0 Å². The maximum atomic E-state index is 11.4. The molecular formula is C10H20O4. The Hall–Kier alpha value is -0.450. The van der Waals surface area contributed by atoms with E-state index in [-0.39, 0.29) is 30.6 Å². The van der Waals surface area contributed by atoms with Crippen LogP contribution in [0.3, 0.4) is 0 Å². The molecule has 14 heavy (non-hydrogen) atoms. The van der Waals surface area contributed by atoms with Gasteiger partial charge in [-0.05, 0) is 11.8 Å². The lowest BCUT2D eigenvalue weighted by Crippen LogP contribution is -2.31. The predicted molar refractivity (Wildman–Crippen MR) is 52.7 cm³/mol. The minimum absolute atomic E-state index is 0.0983. The fourth-order valence-corrected chi connectivity index (χ4v) is 1.13. The molecule has 0 amide bonds. The van der Waals surface area contributed by atoms with E-state index in [1.165, 1.54) is 0 Å². The second-order valence-corrected chi connectivity index (χ2v) is 4.09. The van der Waals surface area contributed by atoms with Gasteiger partial charge >= 0.3 is 0 Å². The van der Waals surface area contributed by atoms with Crippen LogP contribution in [0.5, 0.6) is 0 Å². The van der Waals surface area contributed by atoms with Gasteiger partial charge in [-0.1, -0.05) is 20.8 Å². The highest BCUT2D eigenvalue weighted by molar-refractivity contribution is 5.83. The molecule has 3 atom stereocenters. The Morgan fingerprint density at radius 2 is 1.71 bits per heavy atom. The van der Waals surface area contributed by atoms with Crippen LogP contribution >= 0.6 is 0 Å². The van der Waals surface area contributed by atoms with E-state index >= 15 is 0 Å². The molecule has 3 unspecified atom stereocenters. The Bertz CT molecular complexity index is 179. The van der Waals surface area contributed by atoms with Crippen LogP contribution in [0.1, 0.15) is 27.2 Å². The van der Waals surface area contributed by atoms with Crippen molar-refractivity contribution in [2.24, 2.45) is 11.8 Å². The van der Waals surface area contributed by atoms with Crippen LogP contribution in [-0.4, -0.2) is 39.9 Å². The lowest BCUT2D eigenvalue weighted by Gasteiger charge is -2.19. The van der Waals surface area contributed by atoms with Gasteiger partial charge in [0.15, 0.2) is 5.78 Å². The Morgan fingerprint density at radius 3 is 2.07 bits per heavy atom. The SMILES string of the molecule is CC(C)C(O)C(=O)CC(C)C(O)CO. The number of ketones is 1. The van der Waals surface area contributed by atoms with Crippen LogP contribution in [0.2, 0.25) is 0 Å². The highest BCUT2D eigenvalue weighted by Gasteiger charge is 2.23. The lowest BCUT2D eigenvalue weighted by molar-refractivity contribution is -0.131. The summed E-state index contributed by atoms with van der Waals surface area (Å²) in [4.78, 5) is 11.4. The van der Waals surface area contributed by atoms with Crippen molar-refractivity contribution in [3.8, 4) is 0 Å². The van der Waals surface area contributed by atoms with Gasteiger partial charge in [0.25, 0.3) is 0 Å². The number of Topliss-reactive ketones (excluding diaryl/α,β-unsaturated/α-hetero) is 1. The van der Waals surface area contributed by atoms with E-state index in [2.05, 4.69) is 0 Å². The molecule has 0 heterocycles. The molecule has 0 aliphatic rings. The third-order valence-corrected chi connectivity index (χ3v) is 2.33. The molecule has 0 rings (SSSR count). The number of aliphatic hydroxyl groups excluding tert-OH is 3. The normalized spacial score (nSPS) is 17.9. The number of hydrogen-bond donors (Lipinski definition) is 3. The molecule has 0 aliphatic carbocycles. The maximum absolute atomic E-state index is 11.4. The highest BCUT2D eigenvalue weighted by atomic mass is 16.3. The number of hydrogen-bond acceptors (Lipinski definition) is 4. The summed E-state index contributed by atoms with van der Waals surface area (Å²) in [6.45, 7) is 4.84. The Kier molecular flexibility index (Phi) is 5.92. The van der Waals surface area contributed by atoms with Crippen LogP contribution in [0, 0.1) is 11.8 Å². The van der Waals surface area contributed by atoms with Crippen molar-refractivity contribution in [2.45, 2.75) is 39.4 Å². The molecule has 0 aromatic rings. The van der Waals surface area contributed by atoms with Crippen LogP contribution in [-0.2, 0) is 4.79 Å². The summed E-state index contributed by atoms with van der Waals surface area (Å²) in [6.07, 6.45) is -1.76. The molecular weight excluding hydrogens is 184 g/mol. The third-order valence-electron chi connectivity index (χ3n) is 2.33. The van der Waals surface area contributed by atoms with Crippen molar-refractivity contribution < 1.29 is 20.1 Å². The summed E-state index contributed by atoms with van der Waals surface area (Å²) >= 11 is 0. The van der Waals surface area contributed by atoms with Gasteiger partial charge in [0.1, 0.15) is 6.10 Å². The zero-order chi connectivity index (χ0) is 11.3.